The summed E-state index contributed by atoms with van der Waals surface area (Å²) in [6, 6.07) is 10.0. The van der Waals surface area contributed by atoms with Crippen LogP contribution in [0.25, 0.3) is 0 Å². The Bertz CT molecular complexity index is 1140. The van der Waals surface area contributed by atoms with Gasteiger partial charge in [0.2, 0.25) is 0 Å². The molecular formula is C23H22ClFN4O2. The van der Waals surface area contributed by atoms with Gasteiger partial charge in [0, 0.05) is 44.4 Å². The minimum absolute atomic E-state index is 0.0358. The van der Waals surface area contributed by atoms with E-state index in [1.54, 1.807) is 48.6 Å². The maximum atomic E-state index is 13.4. The van der Waals surface area contributed by atoms with Crippen molar-refractivity contribution in [3.05, 3.63) is 87.3 Å². The van der Waals surface area contributed by atoms with E-state index in [1.807, 2.05) is 0 Å². The van der Waals surface area contributed by atoms with Crippen LogP contribution in [0.3, 0.4) is 0 Å². The number of aromatic nitrogens is 2. The Hall–Kier alpha value is -3.19. The smallest absolute Gasteiger partial charge is 0.271 e. The van der Waals surface area contributed by atoms with E-state index >= 15 is 0 Å². The van der Waals surface area contributed by atoms with Gasteiger partial charge in [-0.3, -0.25) is 14.6 Å². The normalized spacial score (nSPS) is 14.5. The highest BCUT2D eigenvalue weighted by molar-refractivity contribution is 6.34. The van der Waals surface area contributed by atoms with Gasteiger partial charge >= 0.3 is 0 Å². The maximum absolute atomic E-state index is 13.4. The van der Waals surface area contributed by atoms with Gasteiger partial charge in [-0.1, -0.05) is 23.7 Å². The highest BCUT2D eigenvalue weighted by Crippen LogP contribution is 2.31. The van der Waals surface area contributed by atoms with Crippen molar-refractivity contribution in [3.63, 3.8) is 0 Å². The Morgan fingerprint density at radius 3 is 2.42 bits per heavy atom. The van der Waals surface area contributed by atoms with Crippen molar-refractivity contribution in [2.75, 3.05) is 18.4 Å². The van der Waals surface area contributed by atoms with Gasteiger partial charge in [0.1, 0.15) is 10.8 Å². The lowest BCUT2D eigenvalue weighted by molar-refractivity contribution is 0.0713. The van der Waals surface area contributed by atoms with E-state index in [2.05, 4.69) is 10.3 Å². The fourth-order valence-electron chi connectivity index (χ4n) is 3.88. The molecule has 0 aliphatic carbocycles. The highest BCUT2D eigenvalue weighted by Gasteiger charge is 2.28. The van der Waals surface area contributed by atoms with Crippen LogP contribution >= 0.6 is 11.6 Å². The van der Waals surface area contributed by atoms with Gasteiger partial charge in [0.05, 0.1) is 11.3 Å². The largest absolute Gasteiger partial charge is 0.353 e. The molecule has 3 heterocycles. The Morgan fingerprint density at radius 2 is 1.77 bits per heavy atom. The van der Waals surface area contributed by atoms with Crippen LogP contribution in [0, 0.1) is 5.82 Å². The number of nitrogens with one attached hydrogen (secondary N) is 1. The Kier molecular flexibility index (Phi) is 6.04. The molecule has 0 atom stereocenters. The SMILES string of the molecule is Cn1cc(C(=O)N2CCC(c3ccc(F)cc3)CC2)c(Nc2ccncc2)c(Cl)c1=O. The molecule has 1 aliphatic heterocycles. The molecule has 31 heavy (non-hydrogen) atoms. The van der Waals surface area contributed by atoms with Gasteiger partial charge in [-0.25, -0.2) is 4.39 Å². The third kappa shape index (κ3) is 4.46. The molecule has 1 N–H and O–H groups in total. The molecule has 0 unspecified atom stereocenters. The lowest BCUT2D eigenvalue weighted by Crippen LogP contribution is -2.39. The number of aryl methyl sites for hydroxylation is 1. The molecule has 0 bridgehead atoms. The quantitative estimate of drug-likeness (QED) is 0.655. The van der Waals surface area contributed by atoms with Gasteiger partial charge in [0.25, 0.3) is 11.5 Å². The average molecular weight is 441 g/mol. The number of nitrogens with zero attached hydrogens (tertiary/aromatic N) is 3. The molecule has 0 spiro atoms. The van der Waals surface area contributed by atoms with Crippen LogP contribution in [0.2, 0.25) is 5.02 Å². The number of rotatable bonds is 4. The van der Waals surface area contributed by atoms with Crippen LogP contribution in [-0.2, 0) is 7.05 Å². The van der Waals surface area contributed by atoms with Crippen LogP contribution in [0.5, 0.6) is 0 Å². The highest BCUT2D eigenvalue weighted by atomic mass is 35.5. The number of anilines is 2. The number of piperidine rings is 1. The van der Waals surface area contributed by atoms with Gasteiger partial charge in [-0.05, 0) is 48.6 Å². The Labute approximate surface area is 184 Å². The predicted octanol–water partition coefficient (Wildman–Crippen LogP) is 4.34. The standard InChI is InChI=1S/C23H22ClFN4O2/c1-28-14-19(21(20(24)23(28)31)27-18-6-10-26-11-7-18)22(30)29-12-8-16(9-13-29)15-2-4-17(25)5-3-15/h2-7,10-11,14,16H,8-9,12-13H2,1H3,(H,26,27). The minimum atomic E-state index is -0.384. The molecule has 4 rings (SSSR count). The van der Waals surface area contributed by atoms with Crippen LogP contribution in [0.15, 0.2) is 59.8 Å². The molecule has 2 aromatic heterocycles. The maximum Gasteiger partial charge on any atom is 0.271 e. The molecule has 6 nitrogen and oxygen atoms in total. The van der Waals surface area contributed by atoms with Gasteiger partial charge in [-0.2, -0.15) is 0 Å². The molecule has 1 aliphatic rings. The van der Waals surface area contributed by atoms with Crippen molar-refractivity contribution in [2.24, 2.45) is 7.05 Å². The topological polar surface area (TPSA) is 67.2 Å². The van der Waals surface area contributed by atoms with E-state index in [9.17, 15) is 14.0 Å². The molecule has 1 fully saturated rings. The second kappa shape index (κ2) is 8.89. The number of halogens is 2. The number of pyridine rings is 2. The zero-order valence-electron chi connectivity index (χ0n) is 17.0. The van der Waals surface area contributed by atoms with Gasteiger partial charge in [-0.15, -0.1) is 0 Å². The van der Waals surface area contributed by atoms with Crippen molar-refractivity contribution in [2.45, 2.75) is 18.8 Å². The summed E-state index contributed by atoms with van der Waals surface area (Å²) in [4.78, 5) is 31.5. The van der Waals surface area contributed by atoms with Crippen LogP contribution in [0.1, 0.15) is 34.7 Å². The average Bonchev–Trinajstić information content (AvgIpc) is 2.80. The third-order valence-electron chi connectivity index (χ3n) is 5.62. The molecule has 0 radical (unpaired) electrons. The zero-order valence-corrected chi connectivity index (χ0v) is 17.8. The molecule has 3 aromatic rings. The van der Waals surface area contributed by atoms with E-state index in [-0.39, 0.29) is 28.2 Å². The summed E-state index contributed by atoms with van der Waals surface area (Å²) in [6.07, 6.45) is 6.30. The lowest BCUT2D eigenvalue weighted by Gasteiger charge is -2.33. The summed E-state index contributed by atoms with van der Waals surface area (Å²) in [5.74, 6) is -0.161. The first-order valence-corrected chi connectivity index (χ1v) is 10.4. The molecule has 1 amide bonds. The molecule has 0 saturated carbocycles. The van der Waals surface area contributed by atoms with Crippen molar-refractivity contribution < 1.29 is 9.18 Å². The van der Waals surface area contributed by atoms with E-state index in [0.717, 1.165) is 18.4 Å². The summed E-state index contributed by atoms with van der Waals surface area (Å²) >= 11 is 6.34. The zero-order chi connectivity index (χ0) is 22.0. The fraction of sp³-hybridized carbons (Fsp3) is 0.261. The molecule has 8 heteroatoms. The number of hydrogen-bond donors (Lipinski definition) is 1. The van der Waals surface area contributed by atoms with Crippen molar-refractivity contribution in [1.82, 2.24) is 14.5 Å². The van der Waals surface area contributed by atoms with Crippen molar-refractivity contribution in [1.29, 1.82) is 0 Å². The molecule has 1 aromatic carbocycles. The van der Waals surface area contributed by atoms with Gasteiger partial charge in [0.15, 0.2) is 0 Å². The summed E-state index contributed by atoms with van der Waals surface area (Å²) < 4.78 is 14.5. The van der Waals surface area contributed by atoms with Crippen LogP contribution in [-0.4, -0.2) is 33.4 Å². The van der Waals surface area contributed by atoms with Crippen molar-refractivity contribution >= 4 is 28.9 Å². The summed E-state index contributed by atoms with van der Waals surface area (Å²) in [6.45, 7) is 1.13. The lowest BCUT2D eigenvalue weighted by atomic mass is 9.89. The number of carbonyl (C=O) groups is 1. The summed E-state index contributed by atoms with van der Waals surface area (Å²) in [5, 5.41) is 3.06. The van der Waals surface area contributed by atoms with E-state index < -0.39 is 0 Å². The van der Waals surface area contributed by atoms with E-state index in [4.69, 9.17) is 11.6 Å². The first-order valence-electron chi connectivity index (χ1n) is 10.0. The number of hydrogen-bond acceptors (Lipinski definition) is 4. The number of carbonyl (C=O) groups excluding carboxylic acids is 1. The van der Waals surface area contributed by atoms with Crippen LogP contribution < -0.4 is 10.9 Å². The summed E-state index contributed by atoms with van der Waals surface area (Å²) in [7, 11) is 1.57. The second-order valence-corrected chi connectivity index (χ2v) is 8.00. The second-order valence-electron chi connectivity index (χ2n) is 7.63. The first-order chi connectivity index (χ1) is 14.9. The minimum Gasteiger partial charge on any atom is -0.353 e. The number of benzene rings is 1. The fourth-order valence-corrected chi connectivity index (χ4v) is 4.16. The van der Waals surface area contributed by atoms with Gasteiger partial charge < -0.3 is 14.8 Å². The predicted molar refractivity (Wildman–Crippen MR) is 118 cm³/mol. The van der Waals surface area contributed by atoms with E-state index in [1.165, 1.54) is 22.9 Å². The third-order valence-corrected chi connectivity index (χ3v) is 5.97. The number of likely N-dealkylation sites (tertiary alicyclic amines) is 1. The Morgan fingerprint density at radius 1 is 1.13 bits per heavy atom. The van der Waals surface area contributed by atoms with Crippen molar-refractivity contribution in [3.8, 4) is 0 Å². The molecular weight excluding hydrogens is 419 g/mol. The van der Waals surface area contributed by atoms with Crippen LogP contribution in [0.4, 0.5) is 15.8 Å². The molecule has 1 saturated heterocycles. The first kappa shape index (κ1) is 21.1. The van der Waals surface area contributed by atoms with E-state index in [0.29, 0.717) is 30.0 Å². The monoisotopic (exact) mass is 440 g/mol. The molecule has 160 valence electrons. The Balaban J connectivity index is 1.57. The summed E-state index contributed by atoms with van der Waals surface area (Å²) in [5.41, 5.74) is 2.00. The number of amides is 1.